The highest BCUT2D eigenvalue weighted by Gasteiger charge is 2.13. The molecule has 0 spiro atoms. The van der Waals surface area contributed by atoms with Gasteiger partial charge in [0.15, 0.2) is 17.3 Å². The van der Waals surface area contributed by atoms with Gasteiger partial charge in [0.2, 0.25) is 0 Å². The minimum absolute atomic E-state index is 0.600. The zero-order valence-electron chi connectivity index (χ0n) is 15.9. The van der Waals surface area contributed by atoms with Crippen LogP contribution in [0.1, 0.15) is 10.4 Å². The number of benzene rings is 1. The second kappa shape index (κ2) is 7.82. The van der Waals surface area contributed by atoms with Crippen molar-refractivity contribution in [1.82, 2.24) is 15.0 Å². The number of anilines is 1. The van der Waals surface area contributed by atoms with Crippen LogP contribution in [-0.4, -0.2) is 29.2 Å². The van der Waals surface area contributed by atoms with E-state index in [1.165, 1.54) is 4.88 Å². The zero-order valence-corrected chi connectivity index (χ0v) is 16.7. The number of thiophene rings is 1. The van der Waals surface area contributed by atoms with Crippen LogP contribution in [0.25, 0.3) is 21.7 Å². The second-order valence-electron chi connectivity index (χ2n) is 6.23. The van der Waals surface area contributed by atoms with Gasteiger partial charge in [-0.2, -0.15) is 0 Å². The van der Waals surface area contributed by atoms with Gasteiger partial charge < -0.3 is 14.8 Å². The molecule has 0 unspecified atom stereocenters. The summed E-state index contributed by atoms with van der Waals surface area (Å²) in [6.07, 6.45) is 1.75. The highest BCUT2D eigenvalue weighted by Crippen LogP contribution is 2.32. The molecule has 0 saturated carbocycles. The number of nitrogens with zero attached hydrogens (tertiary/aromatic N) is 3. The summed E-state index contributed by atoms with van der Waals surface area (Å²) in [7, 11) is 3.27. The van der Waals surface area contributed by atoms with E-state index in [9.17, 15) is 0 Å². The van der Waals surface area contributed by atoms with E-state index in [1.807, 2.05) is 36.4 Å². The Hall–Kier alpha value is -3.19. The molecular formula is C21H20N4O2S. The molecule has 3 heterocycles. The number of rotatable bonds is 6. The summed E-state index contributed by atoms with van der Waals surface area (Å²) in [6, 6.07) is 13.7. The molecule has 1 aromatic carbocycles. The average Bonchev–Trinajstić information content (AvgIpc) is 3.12. The van der Waals surface area contributed by atoms with E-state index in [2.05, 4.69) is 23.3 Å². The molecule has 6 nitrogen and oxygen atoms in total. The molecule has 0 aliphatic heterocycles. The van der Waals surface area contributed by atoms with Crippen LogP contribution in [-0.2, 0) is 6.54 Å². The summed E-state index contributed by atoms with van der Waals surface area (Å²) < 4.78 is 10.7. The molecule has 3 aromatic heterocycles. The molecule has 4 rings (SSSR count). The van der Waals surface area contributed by atoms with Gasteiger partial charge in [-0.3, -0.25) is 4.98 Å². The standard InChI is InChI=1S/C21H20N4O2S/c1-13-10-15-19(23-12-14-7-8-17(26-2)18(11-14)27-3)24-20(25-21(15)28-13)16-6-4-5-9-22-16/h4-11H,12H2,1-3H3,(H,23,24,25). The predicted octanol–water partition coefficient (Wildman–Crippen LogP) is 4.69. The Morgan fingerprint density at radius 1 is 1.00 bits per heavy atom. The second-order valence-corrected chi connectivity index (χ2v) is 7.46. The van der Waals surface area contributed by atoms with Crippen LogP contribution in [0.4, 0.5) is 5.82 Å². The SMILES string of the molecule is COc1ccc(CNc2nc(-c3ccccn3)nc3sc(C)cc23)cc1OC. The number of hydrogen-bond acceptors (Lipinski definition) is 7. The van der Waals surface area contributed by atoms with Crippen molar-refractivity contribution in [1.29, 1.82) is 0 Å². The maximum atomic E-state index is 5.39. The third kappa shape index (κ3) is 3.61. The van der Waals surface area contributed by atoms with Crippen molar-refractivity contribution < 1.29 is 9.47 Å². The van der Waals surface area contributed by atoms with Crippen LogP contribution in [0.5, 0.6) is 11.5 Å². The maximum Gasteiger partial charge on any atom is 0.181 e. The molecule has 0 aliphatic rings. The number of aromatic nitrogens is 3. The summed E-state index contributed by atoms with van der Waals surface area (Å²) in [5.41, 5.74) is 1.82. The van der Waals surface area contributed by atoms with E-state index in [4.69, 9.17) is 19.4 Å². The summed E-state index contributed by atoms with van der Waals surface area (Å²) in [5.74, 6) is 2.83. The van der Waals surface area contributed by atoms with Crippen molar-refractivity contribution in [2.45, 2.75) is 13.5 Å². The summed E-state index contributed by atoms with van der Waals surface area (Å²) in [5, 5.41) is 4.46. The highest BCUT2D eigenvalue weighted by atomic mass is 32.1. The number of methoxy groups -OCH3 is 2. The fourth-order valence-electron chi connectivity index (χ4n) is 2.96. The summed E-state index contributed by atoms with van der Waals surface area (Å²) in [6.45, 7) is 2.67. The van der Waals surface area contributed by atoms with Gasteiger partial charge in [0, 0.05) is 17.6 Å². The maximum absolute atomic E-state index is 5.39. The first-order valence-corrected chi connectivity index (χ1v) is 9.64. The molecule has 142 valence electrons. The molecule has 0 amide bonds. The minimum atomic E-state index is 0.600. The Kier molecular flexibility index (Phi) is 5.08. The Bertz CT molecular complexity index is 1110. The van der Waals surface area contributed by atoms with Gasteiger partial charge in [0.05, 0.1) is 19.6 Å². The van der Waals surface area contributed by atoms with Crippen molar-refractivity contribution in [3.8, 4) is 23.0 Å². The van der Waals surface area contributed by atoms with Crippen molar-refractivity contribution >= 4 is 27.4 Å². The third-order valence-electron chi connectivity index (χ3n) is 4.32. The molecule has 0 saturated heterocycles. The van der Waals surface area contributed by atoms with Crippen LogP contribution in [0.15, 0.2) is 48.7 Å². The Morgan fingerprint density at radius 3 is 2.61 bits per heavy atom. The molecule has 0 fully saturated rings. The molecule has 0 atom stereocenters. The number of hydrogen-bond donors (Lipinski definition) is 1. The van der Waals surface area contributed by atoms with E-state index in [0.29, 0.717) is 23.9 Å². The van der Waals surface area contributed by atoms with Gasteiger partial charge in [0.25, 0.3) is 0 Å². The topological polar surface area (TPSA) is 69.2 Å². The fraction of sp³-hybridized carbons (Fsp3) is 0.190. The number of aryl methyl sites for hydroxylation is 1. The Labute approximate surface area is 167 Å². The average molecular weight is 392 g/mol. The van der Waals surface area contributed by atoms with Gasteiger partial charge in [0.1, 0.15) is 16.3 Å². The minimum Gasteiger partial charge on any atom is -0.493 e. The van der Waals surface area contributed by atoms with Gasteiger partial charge in [-0.15, -0.1) is 11.3 Å². The molecule has 1 N–H and O–H groups in total. The third-order valence-corrected chi connectivity index (χ3v) is 5.26. The first-order chi connectivity index (χ1) is 13.7. The van der Waals surface area contributed by atoms with Crippen LogP contribution in [0.2, 0.25) is 0 Å². The van der Waals surface area contributed by atoms with Crippen LogP contribution in [0.3, 0.4) is 0 Å². The summed E-state index contributed by atoms with van der Waals surface area (Å²) in [4.78, 5) is 16.0. The fourth-order valence-corrected chi connectivity index (χ4v) is 3.84. The van der Waals surface area contributed by atoms with E-state index in [0.717, 1.165) is 27.3 Å². The van der Waals surface area contributed by atoms with Crippen LogP contribution in [0, 0.1) is 6.92 Å². The van der Waals surface area contributed by atoms with Gasteiger partial charge in [-0.25, -0.2) is 9.97 Å². The molecule has 0 bridgehead atoms. The molecule has 0 aliphatic carbocycles. The Balaban J connectivity index is 1.68. The first-order valence-electron chi connectivity index (χ1n) is 8.82. The van der Waals surface area contributed by atoms with Crippen molar-refractivity contribution in [3.05, 3.63) is 59.1 Å². The van der Waals surface area contributed by atoms with Crippen LogP contribution >= 0.6 is 11.3 Å². The normalized spacial score (nSPS) is 10.8. The van der Waals surface area contributed by atoms with E-state index in [1.54, 1.807) is 31.8 Å². The lowest BCUT2D eigenvalue weighted by atomic mass is 10.2. The van der Waals surface area contributed by atoms with E-state index >= 15 is 0 Å². The van der Waals surface area contributed by atoms with Gasteiger partial charge in [-0.1, -0.05) is 12.1 Å². The quantitative estimate of drug-likeness (QED) is 0.513. The van der Waals surface area contributed by atoms with Crippen molar-refractivity contribution in [2.75, 3.05) is 19.5 Å². The molecule has 28 heavy (non-hydrogen) atoms. The number of pyridine rings is 1. The summed E-state index contributed by atoms with van der Waals surface area (Å²) >= 11 is 1.65. The van der Waals surface area contributed by atoms with Gasteiger partial charge in [-0.05, 0) is 42.8 Å². The smallest absolute Gasteiger partial charge is 0.181 e. The van der Waals surface area contributed by atoms with Gasteiger partial charge >= 0.3 is 0 Å². The van der Waals surface area contributed by atoms with Crippen LogP contribution < -0.4 is 14.8 Å². The lowest BCUT2D eigenvalue weighted by Gasteiger charge is -2.12. The molecule has 7 heteroatoms. The Morgan fingerprint density at radius 2 is 1.86 bits per heavy atom. The van der Waals surface area contributed by atoms with Crippen molar-refractivity contribution in [2.24, 2.45) is 0 Å². The largest absolute Gasteiger partial charge is 0.493 e. The lowest BCUT2D eigenvalue weighted by Crippen LogP contribution is -2.04. The number of ether oxygens (including phenoxy) is 2. The predicted molar refractivity (Wildman–Crippen MR) is 112 cm³/mol. The van der Waals surface area contributed by atoms with E-state index < -0.39 is 0 Å². The van der Waals surface area contributed by atoms with E-state index in [-0.39, 0.29) is 0 Å². The zero-order chi connectivity index (χ0) is 19.5. The first kappa shape index (κ1) is 18.2. The number of fused-ring (bicyclic) bond motifs is 1. The monoisotopic (exact) mass is 392 g/mol. The lowest BCUT2D eigenvalue weighted by molar-refractivity contribution is 0.354. The highest BCUT2D eigenvalue weighted by molar-refractivity contribution is 7.18. The molecule has 4 aromatic rings. The molecular weight excluding hydrogens is 372 g/mol. The molecule has 0 radical (unpaired) electrons. The number of nitrogens with one attached hydrogen (secondary N) is 1. The van der Waals surface area contributed by atoms with Crippen molar-refractivity contribution in [3.63, 3.8) is 0 Å².